The Bertz CT molecular complexity index is 820. The molecule has 1 amide bonds. The third kappa shape index (κ3) is 3.18. The van der Waals surface area contributed by atoms with E-state index >= 15 is 0 Å². The van der Waals surface area contributed by atoms with E-state index in [-0.39, 0.29) is 24.5 Å². The van der Waals surface area contributed by atoms with Crippen molar-refractivity contribution in [1.82, 2.24) is 19.9 Å². The highest BCUT2D eigenvalue weighted by molar-refractivity contribution is 5.79. The molecule has 0 unspecified atom stereocenters. The molecular weight excluding hydrogens is 349 g/mol. The summed E-state index contributed by atoms with van der Waals surface area (Å²) in [6.45, 7) is 1.38. The quantitative estimate of drug-likeness (QED) is 0.818. The maximum absolute atomic E-state index is 12.8. The largest absolute Gasteiger partial charge is 0.416 e. The molecule has 4 rings (SSSR count). The van der Waals surface area contributed by atoms with Gasteiger partial charge in [-0.15, -0.1) is 5.10 Å². The predicted molar refractivity (Wildman–Crippen MR) is 84.0 cm³/mol. The summed E-state index contributed by atoms with van der Waals surface area (Å²) < 4.78 is 46.1. The van der Waals surface area contributed by atoms with Crippen molar-refractivity contribution < 1.29 is 22.7 Å². The standard InChI is InChI=1S/C17H17F3N4O2/c18-17(19,20)12-3-1-2-11(6-12)7-16(25)23-5-4-15-14(9-23)24-13(10-26-15)8-21-22-24/h1-3,6,8,14-15H,4-5,7,9-10H2/t14-,15-/m1/s1. The lowest BCUT2D eigenvalue weighted by molar-refractivity contribution is -0.139. The van der Waals surface area contributed by atoms with E-state index in [0.717, 1.165) is 17.8 Å². The Labute approximate surface area is 147 Å². The number of hydrogen-bond acceptors (Lipinski definition) is 4. The Balaban J connectivity index is 1.47. The minimum absolute atomic E-state index is 0.0261. The number of rotatable bonds is 2. The van der Waals surface area contributed by atoms with Crippen molar-refractivity contribution in [2.75, 3.05) is 13.1 Å². The summed E-state index contributed by atoms with van der Waals surface area (Å²) in [5.74, 6) is -0.199. The fourth-order valence-corrected chi connectivity index (χ4v) is 3.55. The molecule has 0 spiro atoms. The monoisotopic (exact) mass is 366 g/mol. The molecular formula is C17H17F3N4O2. The molecule has 6 nitrogen and oxygen atoms in total. The first-order valence-electron chi connectivity index (χ1n) is 8.36. The third-order valence-electron chi connectivity index (χ3n) is 4.89. The van der Waals surface area contributed by atoms with Gasteiger partial charge in [0.05, 0.1) is 42.6 Å². The zero-order valence-electron chi connectivity index (χ0n) is 13.8. The molecule has 0 saturated carbocycles. The Morgan fingerprint density at radius 3 is 3.00 bits per heavy atom. The van der Waals surface area contributed by atoms with Crippen LogP contribution >= 0.6 is 0 Å². The van der Waals surface area contributed by atoms with Crippen molar-refractivity contribution in [1.29, 1.82) is 0 Å². The molecule has 1 aromatic carbocycles. The minimum atomic E-state index is -4.42. The van der Waals surface area contributed by atoms with Crippen molar-refractivity contribution in [2.45, 2.75) is 37.8 Å². The number of piperidine rings is 1. The van der Waals surface area contributed by atoms with Gasteiger partial charge in [0.2, 0.25) is 5.91 Å². The van der Waals surface area contributed by atoms with Crippen molar-refractivity contribution >= 4 is 5.91 Å². The first-order chi connectivity index (χ1) is 12.4. The summed E-state index contributed by atoms with van der Waals surface area (Å²) in [5, 5.41) is 7.97. The van der Waals surface area contributed by atoms with Crippen LogP contribution < -0.4 is 0 Å². The first-order valence-corrected chi connectivity index (χ1v) is 8.36. The van der Waals surface area contributed by atoms with Crippen LogP contribution in [-0.2, 0) is 28.7 Å². The molecule has 2 aliphatic heterocycles. The van der Waals surface area contributed by atoms with E-state index in [4.69, 9.17) is 4.74 Å². The van der Waals surface area contributed by atoms with Crippen LogP contribution in [0.2, 0.25) is 0 Å². The molecule has 1 saturated heterocycles. The fourth-order valence-electron chi connectivity index (χ4n) is 3.55. The Morgan fingerprint density at radius 2 is 2.19 bits per heavy atom. The summed E-state index contributed by atoms with van der Waals surface area (Å²) >= 11 is 0. The number of aromatic nitrogens is 3. The molecule has 2 aromatic rings. The Morgan fingerprint density at radius 1 is 1.35 bits per heavy atom. The molecule has 0 aliphatic carbocycles. The van der Waals surface area contributed by atoms with Gasteiger partial charge in [0.25, 0.3) is 0 Å². The average Bonchev–Trinajstić information content (AvgIpc) is 3.10. The van der Waals surface area contributed by atoms with Gasteiger partial charge < -0.3 is 9.64 Å². The van der Waals surface area contributed by atoms with Crippen molar-refractivity contribution in [3.63, 3.8) is 0 Å². The van der Waals surface area contributed by atoms with Gasteiger partial charge in [0, 0.05) is 13.1 Å². The van der Waals surface area contributed by atoms with E-state index in [0.29, 0.717) is 31.7 Å². The van der Waals surface area contributed by atoms with E-state index in [2.05, 4.69) is 10.3 Å². The second-order valence-corrected chi connectivity index (χ2v) is 6.59. The van der Waals surface area contributed by atoms with E-state index in [1.807, 2.05) is 0 Å². The number of likely N-dealkylation sites (tertiary alicyclic amines) is 1. The van der Waals surface area contributed by atoms with Gasteiger partial charge in [0.15, 0.2) is 0 Å². The van der Waals surface area contributed by atoms with Gasteiger partial charge in [0.1, 0.15) is 0 Å². The normalized spacial score (nSPS) is 22.7. The van der Waals surface area contributed by atoms with Crippen LogP contribution in [0.3, 0.4) is 0 Å². The Kier molecular flexibility index (Phi) is 4.18. The van der Waals surface area contributed by atoms with Gasteiger partial charge in [-0.1, -0.05) is 23.4 Å². The molecule has 0 radical (unpaired) electrons. The summed E-state index contributed by atoms with van der Waals surface area (Å²) in [4.78, 5) is 14.3. The van der Waals surface area contributed by atoms with Crippen LogP contribution in [0, 0.1) is 0 Å². The first kappa shape index (κ1) is 17.0. The lowest BCUT2D eigenvalue weighted by Crippen LogP contribution is -2.50. The highest BCUT2D eigenvalue weighted by atomic mass is 19.4. The number of fused-ring (bicyclic) bond motifs is 3. The number of carbonyl (C=O) groups excluding carboxylic acids is 1. The van der Waals surface area contributed by atoms with Crippen molar-refractivity contribution in [2.24, 2.45) is 0 Å². The molecule has 9 heteroatoms. The van der Waals surface area contributed by atoms with Gasteiger partial charge in [-0.3, -0.25) is 4.79 Å². The van der Waals surface area contributed by atoms with Crippen LogP contribution in [-0.4, -0.2) is 45.0 Å². The van der Waals surface area contributed by atoms with Gasteiger partial charge in [-0.2, -0.15) is 13.2 Å². The minimum Gasteiger partial charge on any atom is -0.370 e. The number of hydrogen-bond donors (Lipinski definition) is 0. The summed E-state index contributed by atoms with van der Waals surface area (Å²) in [7, 11) is 0. The number of nitrogens with zero attached hydrogens (tertiary/aromatic N) is 4. The second-order valence-electron chi connectivity index (χ2n) is 6.59. The van der Waals surface area contributed by atoms with Crippen LogP contribution in [0.15, 0.2) is 30.5 Å². The SMILES string of the molecule is O=C(Cc1cccc(C(F)(F)F)c1)N1CC[C@H]2OCc3cnnn3[C@@H]2C1. The topological polar surface area (TPSA) is 60.3 Å². The average molecular weight is 366 g/mol. The number of alkyl halides is 3. The highest BCUT2D eigenvalue weighted by Crippen LogP contribution is 2.31. The van der Waals surface area contributed by atoms with E-state index in [9.17, 15) is 18.0 Å². The molecule has 2 aliphatic rings. The summed E-state index contributed by atoms with van der Waals surface area (Å²) in [6, 6.07) is 4.79. The molecule has 2 atom stereocenters. The lowest BCUT2D eigenvalue weighted by Gasteiger charge is -2.41. The number of benzene rings is 1. The smallest absolute Gasteiger partial charge is 0.370 e. The number of halogens is 3. The number of ether oxygens (including phenoxy) is 1. The van der Waals surface area contributed by atoms with Gasteiger partial charge in [-0.05, 0) is 18.1 Å². The highest BCUT2D eigenvalue weighted by Gasteiger charge is 2.38. The molecule has 0 bridgehead atoms. The summed E-state index contributed by atoms with van der Waals surface area (Å²) in [5.41, 5.74) is 0.473. The second kappa shape index (κ2) is 6.39. The Hall–Kier alpha value is -2.42. The van der Waals surface area contributed by atoms with Crippen molar-refractivity contribution in [3.8, 4) is 0 Å². The van der Waals surface area contributed by atoms with Crippen LogP contribution in [0.5, 0.6) is 0 Å². The van der Waals surface area contributed by atoms with Crippen LogP contribution in [0.25, 0.3) is 0 Å². The van der Waals surface area contributed by atoms with E-state index in [1.54, 1.807) is 21.8 Å². The molecule has 1 fully saturated rings. The van der Waals surface area contributed by atoms with Crippen LogP contribution in [0.1, 0.15) is 29.3 Å². The molecule has 1 aromatic heterocycles. The van der Waals surface area contributed by atoms with Crippen LogP contribution in [0.4, 0.5) is 13.2 Å². The number of carbonyl (C=O) groups is 1. The van der Waals surface area contributed by atoms with Crippen molar-refractivity contribution in [3.05, 3.63) is 47.3 Å². The van der Waals surface area contributed by atoms with Gasteiger partial charge >= 0.3 is 6.18 Å². The fraction of sp³-hybridized carbons (Fsp3) is 0.471. The molecule has 26 heavy (non-hydrogen) atoms. The molecule has 3 heterocycles. The van der Waals surface area contributed by atoms with Gasteiger partial charge in [-0.25, -0.2) is 4.68 Å². The third-order valence-corrected chi connectivity index (χ3v) is 4.89. The molecule has 0 N–H and O–H groups in total. The maximum atomic E-state index is 12.8. The maximum Gasteiger partial charge on any atom is 0.416 e. The van der Waals surface area contributed by atoms with E-state index < -0.39 is 11.7 Å². The predicted octanol–water partition coefficient (Wildman–Crippen LogP) is 2.21. The zero-order chi connectivity index (χ0) is 18.3. The van der Waals surface area contributed by atoms with E-state index in [1.165, 1.54) is 6.07 Å². The zero-order valence-corrected chi connectivity index (χ0v) is 13.8. The lowest BCUT2D eigenvalue weighted by atomic mass is 9.99. The summed E-state index contributed by atoms with van der Waals surface area (Å²) in [6.07, 6.45) is -2.20. The molecule has 138 valence electrons. The number of amides is 1.